The SMILES string of the molecule is CC/C(B1OC(C)(C)C(C)(C)O1)=C(\C1=Cc2ccccc2C1)c1ccc(OCCN(C/C=C/C(=O)N(C)C)C(=O)OC(C)(C)C)nc1. The first-order valence-corrected chi connectivity index (χ1v) is 16.3. The number of carbonyl (C=O) groups is 2. The summed E-state index contributed by atoms with van der Waals surface area (Å²) >= 11 is 0. The van der Waals surface area contributed by atoms with Gasteiger partial charge >= 0.3 is 13.2 Å². The first-order chi connectivity index (χ1) is 22.0. The molecule has 0 bridgehead atoms. The maximum atomic E-state index is 12.9. The molecule has 1 saturated heterocycles. The van der Waals surface area contributed by atoms with E-state index in [1.165, 1.54) is 32.6 Å². The average molecular weight is 644 g/mol. The number of nitrogens with zero attached hydrogens (tertiary/aromatic N) is 3. The van der Waals surface area contributed by atoms with E-state index in [1.807, 2.05) is 39.1 Å². The summed E-state index contributed by atoms with van der Waals surface area (Å²) in [5.41, 5.74) is 5.23. The lowest BCUT2D eigenvalue weighted by atomic mass is 9.70. The fourth-order valence-electron chi connectivity index (χ4n) is 5.35. The molecule has 1 aromatic carbocycles. The van der Waals surface area contributed by atoms with Crippen LogP contribution >= 0.6 is 0 Å². The third-order valence-electron chi connectivity index (χ3n) is 8.64. The largest absolute Gasteiger partial charge is 0.491 e. The second kappa shape index (κ2) is 14.5. The van der Waals surface area contributed by atoms with E-state index < -0.39 is 30.0 Å². The van der Waals surface area contributed by atoms with E-state index in [4.69, 9.17) is 18.8 Å². The van der Waals surface area contributed by atoms with Crippen molar-refractivity contribution in [1.82, 2.24) is 14.8 Å². The Balaban J connectivity index is 1.55. The van der Waals surface area contributed by atoms with Crippen LogP contribution in [0.25, 0.3) is 11.6 Å². The number of benzene rings is 1. The maximum Gasteiger partial charge on any atom is 0.491 e. The minimum atomic E-state index is -0.657. The van der Waals surface area contributed by atoms with Crippen LogP contribution in [0.2, 0.25) is 0 Å². The fourth-order valence-corrected chi connectivity index (χ4v) is 5.35. The number of likely N-dealkylation sites (N-methyl/N-ethyl adjacent to an activating group) is 1. The molecule has 1 fully saturated rings. The number of carbonyl (C=O) groups excluding carboxylic acids is 2. The molecular weight excluding hydrogens is 593 g/mol. The van der Waals surface area contributed by atoms with Crippen molar-refractivity contribution in [2.45, 2.75) is 85.0 Å². The van der Waals surface area contributed by atoms with E-state index >= 15 is 0 Å². The van der Waals surface area contributed by atoms with Crippen LogP contribution in [0.1, 0.15) is 78.5 Å². The van der Waals surface area contributed by atoms with Crippen LogP contribution in [-0.2, 0) is 25.3 Å². The number of fused-ring (bicyclic) bond motifs is 1. The quantitative estimate of drug-likeness (QED) is 0.197. The smallest absolute Gasteiger partial charge is 0.476 e. The predicted octanol–water partition coefficient (Wildman–Crippen LogP) is 6.78. The summed E-state index contributed by atoms with van der Waals surface area (Å²) in [5.74, 6) is 0.276. The second-order valence-electron chi connectivity index (χ2n) is 14.2. The number of aromatic nitrogens is 1. The highest BCUT2D eigenvalue weighted by molar-refractivity contribution is 6.56. The van der Waals surface area contributed by atoms with Crippen molar-refractivity contribution in [3.63, 3.8) is 0 Å². The monoisotopic (exact) mass is 643 g/mol. The van der Waals surface area contributed by atoms with Gasteiger partial charge in [0.15, 0.2) is 0 Å². The van der Waals surface area contributed by atoms with E-state index in [9.17, 15) is 9.59 Å². The lowest BCUT2D eigenvalue weighted by Crippen LogP contribution is -2.41. The van der Waals surface area contributed by atoms with E-state index in [1.54, 1.807) is 20.2 Å². The standard InChI is InChI=1S/C37H50BN3O6/c1-11-30(38-46-36(5,6)37(7,8)47-38)33(29-23-26-15-12-13-16-27(26)24-29)28-18-19-31(39-25-28)44-22-21-41(34(43)45-35(2,3)4)20-14-17-32(42)40(9)10/h12-19,23,25H,11,20-22,24H2,1-10H3/b17-14+,33-30+. The Labute approximate surface area is 280 Å². The molecule has 2 aromatic rings. The maximum absolute atomic E-state index is 12.9. The summed E-state index contributed by atoms with van der Waals surface area (Å²) in [6.45, 7) is 16.5. The Morgan fingerprint density at radius 3 is 2.30 bits per heavy atom. The minimum Gasteiger partial charge on any atom is -0.476 e. The molecule has 4 rings (SSSR count). The van der Waals surface area contributed by atoms with Crippen molar-refractivity contribution in [3.05, 3.63) is 82.5 Å². The summed E-state index contributed by atoms with van der Waals surface area (Å²) in [4.78, 5) is 32.5. The molecule has 2 aliphatic rings. The van der Waals surface area contributed by atoms with Crippen molar-refractivity contribution in [2.24, 2.45) is 0 Å². The highest BCUT2D eigenvalue weighted by atomic mass is 16.7. The summed E-state index contributed by atoms with van der Waals surface area (Å²) in [5, 5.41) is 0. The zero-order valence-electron chi connectivity index (χ0n) is 29.7. The van der Waals surface area contributed by atoms with Gasteiger partial charge in [0.25, 0.3) is 0 Å². The molecular formula is C37H50BN3O6. The first kappa shape index (κ1) is 36.0. The number of allylic oxidation sites excluding steroid dienone is 3. The van der Waals surface area contributed by atoms with Crippen LogP contribution in [0.15, 0.2) is 65.8 Å². The number of hydrogen-bond donors (Lipinski definition) is 0. The van der Waals surface area contributed by atoms with Crippen molar-refractivity contribution in [1.29, 1.82) is 0 Å². The lowest BCUT2D eigenvalue weighted by molar-refractivity contribution is -0.123. The van der Waals surface area contributed by atoms with E-state index in [2.05, 4.69) is 69.9 Å². The van der Waals surface area contributed by atoms with Crippen LogP contribution in [0, 0.1) is 0 Å². The predicted molar refractivity (Wildman–Crippen MR) is 187 cm³/mol. The van der Waals surface area contributed by atoms with Crippen molar-refractivity contribution in [2.75, 3.05) is 33.8 Å². The topological polar surface area (TPSA) is 90.4 Å². The molecule has 0 radical (unpaired) electrons. The second-order valence-corrected chi connectivity index (χ2v) is 14.2. The molecule has 0 spiro atoms. The zero-order valence-corrected chi connectivity index (χ0v) is 29.7. The lowest BCUT2D eigenvalue weighted by Gasteiger charge is -2.32. The van der Waals surface area contributed by atoms with E-state index in [-0.39, 0.29) is 25.6 Å². The molecule has 1 aliphatic heterocycles. The Morgan fingerprint density at radius 1 is 1.04 bits per heavy atom. The Kier molecular flexibility index (Phi) is 11.1. The molecule has 10 heteroatoms. The van der Waals surface area contributed by atoms with Crippen LogP contribution in [0.3, 0.4) is 0 Å². The molecule has 0 unspecified atom stereocenters. The molecule has 0 N–H and O–H groups in total. The number of amides is 2. The Hall–Kier alpha value is -3.89. The summed E-state index contributed by atoms with van der Waals surface area (Å²) in [7, 11) is 2.86. The molecule has 1 aliphatic carbocycles. The normalized spacial score (nSPS) is 17.2. The van der Waals surface area contributed by atoms with Crippen LogP contribution < -0.4 is 4.74 Å². The van der Waals surface area contributed by atoms with Crippen LogP contribution in [0.4, 0.5) is 4.79 Å². The molecule has 9 nitrogen and oxygen atoms in total. The van der Waals surface area contributed by atoms with Gasteiger partial charge in [-0.05, 0) is 101 Å². The highest BCUT2D eigenvalue weighted by Gasteiger charge is 2.52. The molecule has 47 heavy (non-hydrogen) atoms. The van der Waals surface area contributed by atoms with Crippen LogP contribution in [0.5, 0.6) is 5.88 Å². The third kappa shape index (κ3) is 8.93. The molecule has 2 amide bonds. The van der Waals surface area contributed by atoms with Gasteiger partial charge in [-0.3, -0.25) is 4.79 Å². The van der Waals surface area contributed by atoms with Gasteiger partial charge in [-0.25, -0.2) is 9.78 Å². The third-order valence-corrected chi connectivity index (χ3v) is 8.64. The van der Waals surface area contributed by atoms with Gasteiger partial charge in [0, 0.05) is 39.0 Å². The van der Waals surface area contributed by atoms with Gasteiger partial charge in [-0.2, -0.15) is 0 Å². The number of hydrogen-bond acceptors (Lipinski definition) is 7. The molecule has 0 atom stereocenters. The van der Waals surface area contributed by atoms with E-state index in [0.717, 1.165) is 29.5 Å². The fraction of sp³-hybridized carbons (Fsp3) is 0.486. The van der Waals surface area contributed by atoms with Crippen molar-refractivity contribution >= 4 is 30.8 Å². The summed E-state index contributed by atoms with van der Waals surface area (Å²) < 4.78 is 24.6. The van der Waals surface area contributed by atoms with Gasteiger partial charge in [-0.1, -0.05) is 43.3 Å². The van der Waals surface area contributed by atoms with Gasteiger partial charge in [0.1, 0.15) is 12.2 Å². The summed E-state index contributed by atoms with van der Waals surface area (Å²) in [6.07, 6.45) is 8.24. The first-order valence-electron chi connectivity index (χ1n) is 16.3. The van der Waals surface area contributed by atoms with Crippen LogP contribution in [-0.4, -0.2) is 84.5 Å². The van der Waals surface area contributed by atoms with Gasteiger partial charge < -0.3 is 28.6 Å². The number of rotatable bonds is 11. The minimum absolute atomic E-state index is 0.162. The van der Waals surface area contributed by atoms with Crippen molar-refractivity contribution in [3.8, 4) is 5.88 Å². The average Bonchev–Trinajstić information content (AvgIpc) is 3.50. The van der Waals surface area contributed by atoms with Gasteiger partial charge in [0.2, 0.25) is 11.8 Å². The number of pyridine rings is 1. The molecule has 1 aromatic heterocycles. The zero-order chi connectivity index (χ0) is 34.6. The van der Waals surface area contributed by atoms with E-state index in [0.29, 0.717) is 5.88 Å². The Morgan fingerprint density at radius 2 is 1.72 bits per heavy atom. The van der Waals surface area contributed by atoms with Gasteiger partial charge in [0.05, 0.1) is 17.7 Å². The van der Waals surface area contributed by atoms with Crippen molar-refractivity contribution < 1.29 is 28.4 Å². The van der Waals surface area contributed by atoms with Gasteiger partial charge in [-0.15, -0.1) is 0 Å². The summed E-state index contributed by atoms with van der Waals surface area (Å²) in [6, 6.07) is 12.3. The molecule has 252 valence electrons. The molecule has 2 heterocycles. The molecule has 0 saturated carbocycles. The Bertz CT molecular complexity index is 1520. The number of ether oxygens (including phenoxy) is 2. The highest BCUT2D eigenvalue weighted by Crippen LogP contribution is 2.43.